The summed E-state index contributed by atoms with van der Waals surface area (Å²) < 4.78 is 52.0. The van der Waals surface area contributed by atoms with Gasteiger partial charge in [-0.25, -0.2) is 22.3 Å². The molecule has 3 heterocycles. The van der Waals surface area contributed by atoms with Gasteiger partial charge in [-0.3, -0.25) is 4.79 Å². The SMILES string of the molecule is COC(=O)c1c(S(=O)(=O)NCCc2ccc(F)cc2)sc2c1CCN(C(=O)C1CCCO1)C2. The summed E-state index contributed by atoms with van der Waals surface area (Å²) >= 11 is 0.989. The molecule has 2 aliphatic rings. The minimum absolute atomic E-state index is 0.0380. The zero-order chi connectivity index (χ0) is 23.6. The normalized spacial score (nSPS) is 18.2. The molecule has 0 saturated carbocycles. The number of rotatable bonds is 7. The second-order valence-corrected chi connectivity index (χ2v) is 11.0. The van der Waals surface area contributed by atoms with Gasteiger partial charge in [0.1, 0.15) is 16.1 Å². The number of hydrogen-bond donors (Lipinski definition) is 1. The number of sulfonamides is 1. The van der Waals surface area contributed by atoms with Gasteiger partial charge in [0.15, 0.2) is 0 Å². The van der Waals surface area contributed by atoms with E-state index >= 15 is 0 Å². The average Bonchev–Trinajstić information content (AvgIpc) is 3.47. The molecule has 0 bridgehead atoms. The summed E-state index contributed by atoms with van der Waals surface area (Å²) in [5.74, 6) is -1.18. The van der Waals surface area contributed by atoms with Gasteiger partial charge in [0.05, 0.1) is 19.2 Å². The number of fused-ring (bicyclic) bond motifs is 1. The standard InChI is InChI=1S/C22H25FN2O6S2/c1-30-21(27)19-16-9-11-25(20(26)17-3-2-12-31-17)13-18(16)32-22(19)33(28,29)24-10-8-14-4-6-15(23)7-5-14/h4-7,17,24H,2-3,8-13H2,1H3. The van der Waals surface area contributed by atoms with E-state index in [-0.39, 0.29) is 34.6 Å². The number of hydrogen-bond acceptors (Lipinski definition) is 7. The first kappa shape index (κ1) is 23.8. The van der Waals surface area contributed by atoms with Crippen molar-refractivity contribution in [1.29, 1.82) is 0 Å². The van der Waals surface area contributed by atoms with Crippen LogP contribution in [0.25, 0.3) is 0 Å². The van der Waals surface area contributed by atoms with Gasteiger partial charge in [0.2, 0.25) is 0 Å². The van der Waals surface area contributed by atoms with Crippen LogP contribution in [0.15, 0.2) is 28.5 Å². The molecular weight excluding hydrogens is 471 g/mol. The fraction of sp³-hybridized carbons (Fsp3) is 0.455. The van der Waals surface area contributed by atoms with E-state index in [9.17, 15) is 22.4 Å². The van der Waals surface area contributed by atoms with Gasteiger partial charge in [0, 0.05) is 24.6 Å². The van der Waals surface area contributed by atoms with Gasteiger partial charge >= 0.3 is 5.97 Å². The van der Waals surface area contributed by atoms with E-state index in [1.807, 2.05) is 0 Å². The van der Waals surface area contributed by atoms with Crippen LogP contribution < -0.4 is 4.72 Å². The molecule has 33 heavy (non-hydrogen) atoms. The second kappa shape index (κ2) is 9.88. The van der Waals surface area contributed by atoms with Gasteiger partial charge in [-0.05, 0) is 48.9 Å². The lowest BCUT2D eigenvalue weighted by Crippen LogP contribution is -2.41. The fourth-order valence-electron chi connectivity index (χ4n) is 4.09. The smallest absolute Gasteiger partial charge is 0.340 e. The molecule has 1 aromatic heterocycles. The number of benzene rings is 1. The number of ether oxygens (including phenoxy) is 2. The van der Waals surface area contributed by atoms with Crippen molar-refractivity contribution < 1.29 is 31.9 Å². The van der Waals surface area contributed by atoms with Gasteiger partial charge in [0.25, 0.3) is 15.9 Å². The third kappa shape index (κ3) is 5.11. The Balaban J connectivity index is 1.54. The Hall–Kier alpha value is -2.34. The van der Waals surface area contributed by atoms with Crippen molar-refractivity contribution in [2.24, 2.45) is 0 Å². The van der Waals surface area contributed by atoms with Gasteiger partial charge < -0.3 is 14.4 Å². The molecule has 2 aromatic rings. The van der Waals surface area contributed by atoms with Gasteiger partial charge in [-0.2, -0.15) is 0 Å². The minimum Gasteiger partial charge on any atom is -0.465 e. The Morgan fingerprint density at radius 3 is 2.73 bits per heavy atom. The lowest BCUT2D eigenvalue weighted by Gasteiger charge is -2.29. The summed E-state index contributed by atoms with van der Waals surface area (Å²) in [6.07, 6.45) is 1.79. The van der Waals surface area contributed by atoms with Crippen molar-refractivity contribution in [3.8, 4) is 0 Å². The number of halogens is 1. The molecule has 1 amide bonds. The summed E-state index contributed by atoms with van der Waals surface area (Å²) in [6, 6.07) is 5.81. The highest BCUT2D eigenvalue weighted by molar-refractivity contribution is 7.91. The summed E-state index contributed by atoms with van der Waals surface area (Å²) in [7, 11) is -2.80. The van der Waals surface area contributed by atoms with E-state index < -0.39 is 22.1 Å². The number of amides is 1. The molecule has 1 saturated heterocycles. The molecular formula is C22H25FN2O6S2. The summed E-state index contributed by atoms with van der Waals surface area (Å²) in [5.41, 5.74) is 1.43. The quantitative estimate of drug-likeness (QED) is 0.590. The Morgan fingerprint density at radius 2 is 2.06 bits per heavy atom. The van der Waals surface area contributed by atoms with Crippen molar-refractivity contribution >= 4 is 33.2 Å². The molecule has 1 aromatic carbocycles. The van der Waals surface area contributed by atoms with Crippen LogP contribution in [-0.4, -0.2) is 58.1 Å². The lowest BCUT2D eigenvalue weighted by molar-refractivity contribution is -0.141. The van der Waals surface area contributed by atoms with E-state index in [2.05, 4.69) is 4.72 Å². The molecule has 0 radical (unpaired) electrons. The molecule has 1 fully saturated rings. The number of carbonyl (C=O) groups is 2. The molecule has 11 heteroatoms. The van der Waals surface area contributed by atoms with Gasteiger partial charge in [-0.1, -0.05) is 12.1 Å². The van der Waals surface area contributed by atoms with E-state index in [4.69, 9.17) is 9.47 Å². The molecule has 0 spiro atoms. The maximum Gasteiger partial charge on any atom is 0.340 e. The number of nitrogens with zero attached hydrogens (tertiary/aromatic N) is 1. The first-order valence-electron chi connectivity index (χ1n) is 10.7. The molecule has 0 aliphatic carbocycles. The maximum absolute atomic E-state index is 13.1. The summed E-state index contributed by atoms with van der Waals surface area (Å²) in [4.78, 5) is 27.6. The average molecular weight is 497 g/mol. The van der Waals surface area contributed by atoms with E-state index in [1.54, 1.807) is 17.0 Å². The zero-order valence-electron chi connectivity index (χ0n) is 18.1. The molecule has 2 aliphatic heterocycles. The highest BCUT2D eigenvalue weighted by Crippen LogP contribution is 2.37. The largest absolute Gasteiger partial charge is 0.465 e. The van der Waals surface area contributed by atoms with E-state index in [0.29, 0.717) is 42.9 Å². The zero-order valence-corrected chi connectivity index (χ0v) is 19.8. The molecule has 178 valence electrons. The number of methoxy groups -OCH3 is 1. The van der Waals surface area contributed by atoms with E-state index in [1.165, 1.54) is 19.2 Å². The molecule has 1 N–H and O–H groups in total. The van der Waals surface area contributed by atoms with Crippen LogP contribution >= 0.6 is 11.3 Å². The van der Waals surface area contributed by atoms with Crippen LogP contribution in [0, 0.1) is 5.82 Å². The lowest BCUT2D eigenvalue weighted by atomic mass is 10.0. The van der Waals surface area contributed by atoms with E-state index in [0.717, 1.165) is 23.3 Å². The third-order valence-corrected chi connectivity index (χ3v) is 8.99. The van der Waals surface area contributed by atoms with Crippen LogP contribution in [0.2, 0.25) is 0 Å². The number of esters is 1. The van der Waals surface area contributed by atoms with Crippen LogP contribution in [-0.2, 0) is 43.7 Å². The first-order valence-corrected chi connectivity index (χ1v) is 13.0. The highest BCUT2D eigenvalue weighted by atomic mass is 32.2. The summed E-state index contributed by atoms with van der Waals surface area (Å²) in [6.45, 7) is 1.26. The number of thiophene rings is 1. The highest BCUT2D eigenvalue weighted by Gasteiger charge is 2.36. The fourth-order valence-corrected chi connectivity index (χ4v) is 7.06. The van der Waals surface area contributed by atoms with Crippen LogP contribution in [0.5, 0.6) is 0 Å². The first-order chi connectivity index (χ1) is 15.8. The van der Waals surface area contributed by atoms with Crippen LogP contribution in [0.3, 0.4) is 0 Å². The van der Waals surface area contributed by atoms with Crippen LogP contribution in [0.1, 0.15) is 39.2 Å². The third-order valence-electron chi connectivity index (χ3n) is 5.79. The number of nitrogens with one attached hydrogen (secondary N) is 1. The molecule has 1 unspecified atom stereocenters. The second-order valence-electron chi connectivity index (χ2n) is 7.94. The Bertz CT molecular complexity index is 1140. The predicted octanol–water partition coefficient (Wildman–Crippen LogP) is 2.26. The van der Waals surface area contributed by atoms with Gasteiger partial charge in [-0.15, -0.1) is 11.3 Å². The topological polar surface area (TPSA) is 102 Å². The van der Waals surface area contributed by atoms with Crippen LogP contribution in [0.4, 0.5) is 4.39 Å². The van der Waals surface area contributed by atoms with Crippen molar-refractivity contribution in [3.05, 3.63) is 51.7 Å². The van der Waals surface area contributed by atoms with Crippen molar-refractivity contribution in [2.75, 3.05) is 26.8 Å². The Labute approximate surface area is 195 Å². The van der Waals surface area contributed by atoms with Crippen molar-refractivity contribution in [3.63, 3.8) is 0 Å². The monoisotopic (exact) mass is 496 g/mol. The summed E-state index contributed by atoms with van der Waals surface area (Å²) in [5, 5.41) is 0. The maximum atomic E-state index is 13.1. The van der Waals surface area contributed by atoms with Crippen molar-refractivity contribution in [2.45, 2.75) is 42.5 Å². The molecule has 4 rings (SSSR count). The molecule has 8 nitrogen and oxygen atoms in total. The Kier molecular flexibility index (Phi) is 7.13. The Morgan fingerprint density at radius 1 is 1.30 bits per heavy atom. The van der Waals surface area contributed by atoms with Crippen molar-refractivity contribution in [1.82, 2.24) is 9.62 Å². The number of carbonyl (C=O) groups excluding carboxylic acids is 2. The minimum atomic E-state index is -4.01. The molecule has 1 atom stereocenters. The predicted molar refractivity (Wildman–Crippen MR) is 119 cm³/mol.